The number of nitrogens with zero attached hydrogens (tertiary/aromatic N) is 2. The minimum absolute atomic E-state index is 0.883. The summed E-state index contributed by atoms with van der Waals surface area (Å²) >= 11 is 1.47. The monoisotopic (exact) mass is 183 g/mol. The Labute approximate surface area is 76.4 Å². The number of aromatic nitrogens is 2. The van der Waals surface area contributed by atoms with Gasteiger partial charge in [-0.15, -0.1) is 0 Å². The van der Waals surface area contributed by atoms with E-state index in [1.54, 1.807) is 0 Å². The second-order valence-corrected chi connectivity index (χ2v) is 3.95. The molecule has 0 aliphatic heterocycles. The molecule has 12 heavy (non-hydrogen) atoms. The Morgan fingerprint density at radius 2 is 2.42 bits per heavy atom. The highest BCUT2D eigenvalue weighted by atomic mass is 32.1. The predicted octanol–water partition coefficient (Wildman–Crippen LogP) is 1.92. The molecule has 2 rings (SSSR count). The summed E-state index contributed by atoms with van der Waals surface area (Å²) in [4.78, 5) is 4.38. The average molecular weight is 183 g/mol. The molecule has 0 spiro atoms. The van der Waals surface area contributed by atoms with Gasteiger partial charge < -0.3 is 5.32 Å². The lowest BCUT2D eigenvalue weighted by Gasteiger charge is -1.92. The number of hydrogen-bond acceptors (Lipinski definition) is 4. The fourth-order valence-corrected chi connectivity index (χ4v) is 1.80. The first kappa shape index (κ1) is 7.98. The Morgan fingerprint density at radius 1 is 1.58 bits per heavy atom. The van der Waals surface area contributed by atoms with E-state index >= 15 is 0 Å². The molecule has 0 atom stereocenters. The summed E-state index contributed by atoms with van der Waals surface area (Å²) in [5.74, 6) is 1.91. The van der Waals surface area contributed by atoms with E-state index in [2.05, 4.69) is 21.6 Å². The van der Waals surface area contributed by atoms with Crippen molar-refractivity contribution in [1.82, 2.24) is 9.36 Å². The molecule has 0 unspecified atom stereocenters. The van der Waals surface area contributed by atoms with Crippen molar-refractivity contribution in [3.8, 4) is 0 Å². The molecule has 1 heterocycles. The van der Waals surface area contributed by atoms with E-state index in [1.165, 1.54) is 24.4 Å². The van der Waals surface area contributed by atoms with E-state index in [-0.39, 0.29) is 0 Å². The summed E-state index contributed by atoms with van der Waals surface area (Å²) in [7, 11) is 0. The number of rotatable bonds is 4. The molecule has 1 aromatic heterocycles. The van der Waals surface area contributed by atoms with Crippen LogP contribution in [0.25, 0.3) is 0 Å². The Morgan fingerprint density at radius 3 is 3.08 bits per heavy atom. The van der Waals surface area contributed by atoms with Crippen LogP contribution in [0.1, 0.15) is 25.6 Å². The average Bonchev–Trinajstić information content (AvgIpc) is 2.74. The zero-order valence-corrected chi connectivity index (χ0v) is 8.02. The van der Waals surface area contributed by atoms with Crippen molar-refractivity contribution in [2.75, 3.05) is 11.9 Å². The minimum atomic E-state index is 0.883. The summed E-state index contributed by atoms with van der Waals surface area (Å²) in [6.07, 6.45) is 3.83. The summed E-state index contributed by atoms with van der Waals surface area (Å²) in [6, 6.07) is 0. The molecule has 0 amide bonds. The number of nitrogens with one attached hydrogen (secondary N) is 1. The van der Waals surface area contributed by atoms with E-state index in [0.29, 0.717) is 0 Å². The largest absolute Gasteiger partial charge is 0.361 e. The van der Waals surface area contributed by atoms with Crippen LogP contribution in [0, 0.1) is 5.92 Å². The Kier molecular flexibility index (Phi) is 2.26. The molecule has 1 saturated carbocycles. The standard InChI is InChI=1S/C8H13N3S/c1-2-9-8-10-7(11-12-8)5-6-3-4-6/h6H,2-5H2,1H3,(H,9,10,11). The lowest BCUT2D eigenvalue weighted by atomic mass is 10.3. The topological polar surface area (TPSA) is 37.8 Å². The van der Waals surface area contributed by atoms with Gasteiger partial charge in [0.25, 0.3) is 0 Å². The van der Waals surface area contributed by atoms with Crippen molar-refractivity contribution in [3.05, 3.63) is 5.82 Å². The Bertz CT molecular complexity index is 255. The molecule has 66 valence electrons. The zero-order chi connectivity index (χ0) is 8.39. The van der Waals surface area contributed by atoms with Crippen LogP contribution >= 0.6 is 11.5 Å². The summed E-state index contributed by atoms with van der Waals surface area (Å²) in [5.41, 5.74) is 0. The van der Waals surface area contributed by atoms with Crippen molar-refractivity contribution < 1.29 is 0 Å². The second-order valence-electron chi connectivity index (χ2n) is 3.19. The zero-order valence-electron chi connectivity index (χ0n) is 7.21. The lowest BCUT2D eigenvalue weighted by Crippen LogP contribution is -1.96. The molecule has 3 nitrogen and oxygen atoms in total. The number of hydrogen-bond donors (Lipinski definition) is 1. The Balaban J connectivity index is 1.92. The molecule has 1 N–H and O–H groups in total. The van der Waals surface area contributed by atoms with Crippen LogP contribution in [0.4, 0.5) is 5.13 Å². The van der Waals surface area contributed by atoms with Gasteiger partial charge in [-0.2, -0.15) is 4.37 Å². The minimum Gasteiger partial charge on any atom is -0.361 e. The quantitative estimate of drug-likeness (QED) is 0.775. The molecule has 1 aliphatic rings. The first-order valence-electron chi connectivity index (χ1n) is 4.45. The maximum absolute atomic E-state index is 4.38. The van der Waals surface area contributed by atoms with Crippen LogP contribution in [-0.2, 0) is 6.42 Å². The highest BCUT2D eigenvalue weighted by Gasteiger charge is 2.23. The number of anilines is 1. The third-order valence-corrected chi connectivity index (χ3v) is 2.67. The fourth-order valence-electron chi connectivity index (χ4n) is 1.14. The van der Waals surface area contributed by atoms with Gasteiger partial charge in [0.2, 0.25) is 5.13 Å². The van der Waals surface area contributed by atoms with Crippen LogP contribution in [0.2, 0.25) is 0 Å². The van der Waals surface area contributed by atoms with Crippen LogP contribution in [0.15, 0.2) is 0 Å². The van der Waals surface area contributed by atoms with Crippen molar-refractivity contribution in [2.45, 2.75) is 26.2 Å². The van der Waals surface area contributed by atoms with Gasteiger partial charge in [-0.3, -0.25) is 0 Å². The van der Waals surface area contributed by atoms with Gasteiger partial charge >= 0.3 is 0 Å². The molecular formula is C8H13N3S. The van der Waals surface area contributed by atoms with Gasteiger partial charge in [0, 0.05) is 24.5 Å². The van der Waals surface area contributed by atoms with Gasteiger partial charge in [-0.25, -0.2) is 4.98 Å². The third-order valence-electron chi connectivity index (χ3n) is 1.96. The fraction of sp³-hybridized carbons (Fsp3) is 0.750. The van der Waals surface area contributed by atoms with Gasteiger partial charge in [-0.05, 0) is 25.7 Å². The van der Waals surface area contributed by atoms with Crippen LogP contribution in [0.5, 0.6) is 0 Å². The van der Waals surface area contributed by atoms with Crippen molar-refractivity contribution in [3.63, 3.8) is 0 Å². The van der Waals surface area contributed by atoms with Crippen molar-refractivity contribution in [2.24, 2.45) is 5.92 Å². The summed E-state index contributed by atoms with van der Waals surface area (Å²) in [5, 5.41) is 4.13. The first-order valence-corrected chi connectivity index (χ1v) is 5.22. The van der Waals surface area contributed by atoms with Crippen LogP contribution in [-0.4, -0.2) is 15.9 Å². The molecule has 0 radical (unpaired) electrons. The molecule has 1 aromatic rings. The molecule has 0 bridgehead atoms. The third kappa shape index (κ3) is 1.94. The molecule has 1 aliphatic carbocycles. The molecular weight excluding hydrogens is 170 g/mol. The SMILES string of the molecule is CCNc1nc(CC2CC2)ns1. The van der Waals surface area contributed by atoms with E-state index < -0.39 is 0 Å². The highest BCUT2D eigenvalue weighted by molar-refractivity contribution is 7.09. The molecule has 0 saturated heterocycles. The maximum Gasteiger partial charge on any atom is 0.202 e. The molecule has 4 heteroatoms. The van der Waals surface area contributed by atoms with E-state index in [1.807, 2.05) is 0 Å². The van der Waals surface area contributed by atoms with E-state index in [4.69, 9.17) is 0 Å². The predicted molar refractivity (Wildman–Crippen MR) is 50.5 cm³/mol. The second kappa shape index (κ2) is 3.39. The normalized spacial score (nSPS) is 16.4. The van der Waals surface area contributed by atoms with Gasteiger partial charge in [0.05, 0.1) is 0 Å². The van der Waals surface area contributed by atoms with Crippen molar-refractivity contribution >= 4 is 16.7 Å². The summed E-state index contributed by atoms with van der Waals surface area (Å²) < 4.78 is 4.28. The van der Waals surface area contributed by atoms with Crippen molar-refractivity contribution in [1.29, 1.82) is 0 Å². The van der Waals surface area contributed by atoms with Crippen LogP contribution in [0.3, 0.4) is 0 Å². The van der Waals surface area contributed by atoms with E-state index in [9.17, 15) is 0 Å². The molecule has 0 aromatic carbocycles. The van der Waals surface area contributed by atoms with E-state index in [0.717, 1.165) is 29.8 Å². The molecule has 1 fully saturated rings. The van der Waals surface area contributed by atoms with Crippen LogP contribution < -0.4 is 5.32 Å². The van der Waals surface area contributed by atoms with Gasteiger partial charge in [0.1, 0.15) is 5.82 Å². The maximum atomic E-state index is 4.38. The van der Waals surface area contributed by atoms with Gasteiger partial charge in [0.15, 0.2) is 0 Å². The van der Waals surface area contributed by atoms with Gasteiger partial charge in [-0.1, -0.05) is 0 Å². The highest BCUT2D eigenvalue weighted by Crippen LogP contribution is 2.32. The lowest BCUT2D eigenvalue weighted by molar-refractivity contribution is 0.788. The summed E-state index contributed by atoms with van der Waals surface area (Å²) in [6.45, 7) is 3.00. The Hall–Kier alpha value is -0.640. The smallest absolute Gasteiger partial charge is 0.202 e. The first-order chi connectivity index (χ1) is 5.88.